The number of pyridine rings is 1. The topological polar surface area (TPSA) is 109 Å². The van der Waals surface area contributed by atoms with Crippen LogP contribution in [0.15, 0.2) is 42.6 Å². The van der Waals surface area contributed by atoms with Gasteiger partial charge in [-0.05, 0) is 87.7 Å². The standard InChI is InChI=1S/C30H39N5O3/c1-34(23-8-6-22(7-9-23)28-26(29(31)37)3-2-16-32-28)19-20-14-17-35(18-15-20)24-10-4-21(5-11-24)25-12-13-27(36)33-30(25)38/h2-5,10-11,16,20,22-23,25H,6-9,12-15,17-19H2,1H3,(H2,31,37)(H,33,36,38). The fourth-order valence-electron chi connectivity index (χ4n) is 6.60. The number of nitrogens with zero attached hydrogens (tertiary/aromatic N) is 3. The van der Waals surface area contributed by atoms with Crippen LogP contribution in [0.25, 0.3) is 0 Å². The molecule has 5 rings (SSSR count). The van der Waals surface area contributed by atoms with Crippen molar-refractivity contribution in [1.29, 1.82) is 0 Å². The van der Waals surface area contributed by atoms with E-state index in [0.717, 1.165) is 56.6 Å². The van der Waals surface area contributed by atoms with Crippen LogP contribution in [0.4, 0.5) is 5.69 Å². The molecule has 1 aliphatic carbocycles. The minimum absolute atomic E-state index is 0.174. The molecule has 3 fully saturated rings. The highest BCUT2D eigenvalue weighted by molar-refractivity contribution is 6.01. The lowest BCUT2D eigenvalue weighted by molar-refractivity contribution is -0.134. The molecule has 3 amide bonds. The molecule has 0 radical (unpaired) electrons. The third-order valence-electron chi connectivity index (χ3n) is 8.87. The summed E-state index contributed by atoms with van der Waals surface area (Å²) >= 11 is 0. The summed E-state index contributed by atoms with van der Waals surface area (Å²) in [5, 5.41) is 2.45. The first-order valence-electron chi connectivity index (χ1n) is 14.0. The summed E-state index contributed by atoms with van der Waals surface area (Å²) in [7, 11) is 2.26. The second-order valence-electron chi connectivity index (χ2n) is 11.3. The van der Waals surface area contributed by atoms with Gasteiger partial charge in [-0.25, -0.2) is 0 Å². The van der Waals surface area contributed by atoms with Gasteiger partial charge in [0.15, 0.2) is 0 Å². The van der Waals surface area contributed by atoms with Crippen LogP contribution in [0, 0.1) is 5.92 Å². The minimum Gasteiger partial charge on any atom is -0.372 e. The molecule has 38 heavy (non-hydrogen) atoms. The van der Waals surface area contributed by atoms with Crippen molar-refractivity contribution < 1.29 is 14.4 Å². The molecule has 8 heteroatoms. The zero-order valence-electron chi connectivity index (χ0n) is 22.3. The lowest BCUT2D eigenvalue weighted by atomic mass is 9.81. The number of carbonyl (C=O) groups is 3. The number of primary amides is 1. The maximum Gasteiger partial charge on any atom is 0.250 e. The van der Waals surface area contributed by atoms with Crippen molar-refractivity contribution in [3.8, 4) is 0 Å². The van der Waals surface area contributed by atoms with Crippen LogP contribution < -0.4 is 16.0 Å². The average molecular weight is 518 g/mol. The van der Waals surface area contributed by atoms with E-state index in [1.807, 2.05) is 12.1 Å². The molecule has 3 heterocycles. The quantitative estimate of drug-likeness (QED) is 0.544. The molecule has 8 nitrogen and oxygen atoms in total. The number of benzene rings is 1. The van der Waals surface area contributed by atoms with Crippen molar-refractivity contribution in [2.24, 2.45) is 11.7 Å². The van der Waals surface area contributed by atoms with Crippen molar-refractivity contribution in [2.45, 2.75) is 69.2 Å². The van der Waals surface area contributed by atoms with Crippen LogP contribution in [-0.4, -0.2) is 60.3 Å². The Morgan fingerprint density at radius 3 is 2.39 bits per heavy atom. The van der Waals surface area contributed by atoms with E-state index in [4.69, 9.17) is 5.73 Å². The first-order valence-corrected chi connectivity index (χ1v) is 14.0. The van der Waals surface area contributed by atoms with Gasteiger partial charge >= 0.3 is 0 Å². The van der Waals surface area contributed by atoms with Gasteiger partial charge in [-0.15, -0.1) is 0 Å². The summed E-state index contributed by atoms with van der Waals surface area (Å²) < 4.78 is 0. The molecular weight excluding hydrogens is 478 g/mol. The van der Waals surface area contributed by atoms with E-state index in [1.165, 1.54) is 18.5 Å². The van der Waals surface area contributed by atoms with Crippen molar-refractivity contribution in [3.63, 3.8) is 0 Å². The lowest BCUT2D eigenvalue weighted by Gasteiger charge is -2.39. The number of anilines is 1. The second kappa shape index (κ2) is 11.6. The number of nitrogens with one attached hydrogen (secondary N) is 1. The van der Waals surface area contributed by atoms with Gasteiger partial charge in [-0.1, -0.05) is 12.1 Å². The van der Waals surface area contributed by atoms with E-state index in [0.29, 0.717) is 36.3 Å². The number of piperidine rings is 2. The predicted octanol–water partition coefficient (Wildman–Crippen LogP) is 3.58. The molecule has 1 atom stereocenters. The number of rotatable bonds is 7. The van der Waals surface area contributed by atoms with Gasteiger partial charge in [-0.2, -0.15) is 0 Å². The Balaban J connectivity index is 1.08. The van der Waals surface area contributed by atoms with Crippen molar-refractivity contribution in [3.05, 3.63) is 59.4 Å². The Morgan fingerprint density at radius 1 is 1.03 bits per heavy atom. The molecule has 2 saturated heterocycles. The number of hydrogen-bond acceptors (Lipinski definition) is 6. The second-order valence-corrected chi connectivity index (χ2v) is 11.3. The monoisotopic (exact) mass is 517 g/mol. The minimum atomic E-state index is -0.385. The first kappa shape index (κ1) is 26.4. The Hall–Kier alpha value is -3.26. The summed E-state index contributed by atoms with van der Waals surface area (Å²) in [6, 6.07) is 12.5. The summed E-state index contributed by atoms with van der Waals surface area (Å²) in [5.74, 6) is 0.0324. The van der Waals surface area contributed by atoms with Crippen molar-refractivity contribution in [2.75, 3.05) is 31.6 Å². The third kappa shape index (κ3) is 5.90. The number of hydrogen-bond donors (Lipinski definition) is 2. The SMILES string of the molecule is CN(CC1CCN(c2ccc(C3CCC(=O)NC3=O)cc2)CC1)C1CCC(c2ncccc2C(N)=O)CC1. The smallest absolute Gasteiger partial charge is 0.250 e. The van der Waals surface area contributed by atoms with E-state index < -0.39 is 0 Å². The number of nitrogens with two attached hydrogens (primary N) is 1. The predicted molar refractivity (Wildman–Crippen MR) is 147 cm³/mol. The van der Waals surface area contributed by atoms with Crippen molar-refractivity contribution in [1.82, 2.24) is 15.2 Å². The van der Waals surface area contributed by atoms with E-state index in [-0.39, 0.29) is 23.6 Å². The van der Waals surface area contributed by atoms with Gasteiger partial charge in [0, 0.05) is 49.9 Å². The molecule has 0 bridgehead atoms. The molecule has 2 aliphatic heterocycles. The van der Waals surface area contributed by atoms with E-state index >= 15 is 0 Å². The molecule has 202 valence electrons. The number of imide groups is 1. The average Bonchev–Trinajstić information content (AvgIpc) is 2.94. The molecular formula is C30H39N5O3. The first-order chi connectivity index (χ1) is 18.4. The molecule has 3 N–H and O–H groups in total. The Morgan fingerprint density at radius 2 is 1.74 bits per heavy atom. The number of amides is 3. The fraction of sp³-hybridized carbons (Fsp3) is 0.533. The Bertz CT molecular complexity index is 1150. The Labute approximate surface area is 225 Å². The molecule has 1 unspecified atom stereocenters. The van der Waals surface area contributed by atoms with E-state index in [1.54, 1.807) is 18.3 Å². The Kier molecular flexibility index (Phi) is 8.07. The van der Waals surface area contributed by atoms with Gasteiger partial charge in [0.05, 0.1) is 17.2 Å². The van der Waals surface area contributed by atoms with Crippen LogP contribution in [0.5, 0.6) is 0 Å². The van der Waals surface area contributed by atoms with Gasteiger partial charge in [0.2, 0.25) is 11.8 Å². The molecule has 1 saturated carbocycles. The highest BCUT2D eigenvalue weighted by Gasteiger charge is 2.30. The molecule has 0 spiro atoms. The van der Waals surface area contributed by atoms with Gasteiger partial charge in [-0.3, -0.25) is 24.7 Å². The van der Waals surface area contributed by atoms with Gasteiger partial charge in [0.25, 0.3) is 5.91 Å². The summed E-state index contributed by atoms with van der Waals surface area (Å²) in [6.07, 6.45) is 9.42. The maximum atomic E-state index is 12.2. The summed E-state index contributed by atoms with van der Waals surface area (Å²) in [4.78, 5) is 44.9. The van der Waals surface area contributed by atoms with E-state index in [9.17, 15) is 14.4 Å². The van der Waals surface area contributed by atoms with Gasteiger partial charge in [0.1, 0.15) is 0 Å². The van der Waals surface area contributed by atoms with Crippen LogP contribution in [0.3, 0.4) is 0 Å². The molecule has 2 aromatic rings. The van der Waals surface area contributed by atoms with E-state index in [2.05, 4.69) is 39.3 Å². The third-order valence-corrected chi connectivity index (χ3v) is 8.87. The van der Waals surface area contributed by atoms with Crippen LogP contribution in [0.2, 0.25) is 0 Å². The van der Waals surface area contributed by atoms with Crippen molar-refractivity contribution >= 4 is 23.4 Å². The zero-order chi connectivity index (χ0) is 26.6. The summed E-state index contributed by atoms with van der Waals surface area (Å²) in [5.41, 5.74) is 9.21. The molecule has 1 aromatic carbocycles. The molecule has 3 aliphatic rings. The largest absolute Gasteiger partial charge is 0.372 e. The highest BCUT2D eigenvalue weighted by Crippen LogP contribution is 2.36. The number of carbonyl (C=O) groups excluding carboxylic acids is 3. The van der Waals surface area contributed by atoms with Crippen LogP contribution in [-0.2, 0) is 9.59 Å². The maximum absolute atomic E-state index is 12.2. The normalized spacial score (nSPS) is 24.9. The summed E-state index contributed by atoms with van der Waals surface area (Å²) in [6.45, 7) is 3.20. The number of aromatic nitrogens is 1. The van der Waals surface area contributed by atoms with Crippen LogP contribution >= 0.6 is 0 Å². The van der Waals surface area contributed by atoms with Gasteiger partial charge < -0.3 is 15.5 Å². The zero-order valence-corrected chi connectivity index (χ0v) is 22.3. The lowest BCUT2D eigenvalue weighted by Crippen LogP contribution is -2.42. The molecule has 1 aromatic heterocycles. The van der Waals surface area contributed by atoms with Crippen LogP contribution in [0.1, 0.15) is 84.8 Å². The highest BCUT2D eigenvalue weighted by atomic mass is 16.2. The fourth-order valence-corrected chi connectivity index (χ4v) is 6.60.